The van der Waals surface area contributed by atoms with Crippen LogP contribution in [0.5, 0.6) is 0 Å². The third kappa shape index (κ3) is 4.16. The Morgan fingerprint density at radius 2 is 1.35 bits per heavy atom. The molecule has 0 saturated heterocycles. The van der Waals surface area contributed by atoms with Crippen LogP contribution in [0.3, 0.4) is 0 Å². The Morgan fingerprint density at radius 3 is 2.02 bits per heavy atom. The molecule has 1 heterocycles. The standard InChI is InChI=1S/C38H41NSi/c1-24-29(25-14-16-28(17-15-25)40(7,8)9)18-19-31-32-20-21-39-36(35(32)38(5,6)34(24)31)27-22-26-12-10-11-13-30(26)33(23-27)37(2,3)4/h10-23H,1-9H3. The van der Waals surface area contributed by atoms with Crippen LogP contribution in [0.15, 0.2) is 85.1 Å². The van der Waals surface area contributed by atoms with Crippen molar-refractivity contribution >= 4 is 24.0 Å². The first kappa shape index (κ1) is 26.7. The molecule has 0 amide bonds. The molecular formula is C38H41NSi. The van der Waals surface area contributed by atoms with Gasteiger partial charge in [0.05, 0.1) is 13.8 Å². The maximum atomic E-state index is 5.08. The van der Waals surface area contributed by atoms with Gasteiger partial charge >= 0.3 is 0 Å². The number of aromatic nitrogens is 1. The number of hydrogen-bond donors (Lipinski definition) is 0. The highest BCUT2D eigenvalue weighted by atomic mass is 28.3. The molecule has 0 spiro atoms. The van der Waals surface area contributed by atoms with E-state index in [1.54, 1.807) is 0 Å². The molecule has 0 N–H and O–H groups in total. The van der Waals surface area contributed by atoms with Gasteiger partial charge in [0.15, 0.2) is 0 Å². The normalized spacial score (nSPS) is 14.3. The van der Waals surface area contributed by atoms with E-state index in [0.29, 0.717) is 0 Å². The van der Waals surface area contributed by atoms with Crippen LogP contribution in [0.1, 0.15) is 56.9 Å². The van der Waals surface area contributed by atoms with Crippen molar-refractivity contribution in [2.75, 3.05) is 0 Å². The molecule has 1 nitrogen and oxygen atoms in total. The first-order chi connectivity index (χ1) is 18.8. The van der Waals surface area contributed by atoms with Crippen molar-refractivity contribution in [2.24, 2.45) is 0 Å². The fourth-order valence-corrected chi connectivity index (χ4v) is 8.10. The topological polar surface area (TPSA) is 12.9 Å². The lowest BCUT2D eigenvalue weighted by Gasteiger charge is -2.27. The Kier molecular flexibility index (Phi) is 6.02. The Morgan fingerprint density at radius 1 is 0.700 bits per heavy atom. The SMILES string of the molecule is Cc1c(-c2ccc([Si](C)(C)C)cc2)ccc2c1C(C)(C)c1c-2ccnc1-c1cc(C(C)(C)C)c2ccccc2c1. The van der Waals surface area contributed by atoms with Gasteiger partial charge in [-0.05, 0) is 85.8 Å². The number of nitrogens with zero attached hydrogens (tertiary/aromatic N) is 1. The Labute approximate surface area is 241 Å². The molecule has 0 saturated carbocycles. The average Bonchev–Trinajstić information content (AvgIpc) is 3.14. The van der Waals surface area contributed by atoms with Crippen molar-refractivity contribution in [3.63, 3.8) is 0 Å². The van der Waals surface area contributed by atoms with Crippen molar-refractivity contribution in [1.82, 2.24) is 4.98 Å². The summed E-state index contributed by atoms with van der Waals surface area (Å²) in [6, 6.07) is 29.8. The number of pyridine rings is 1. The number of benzene rings is 4. The number of rotatable bonds is 3. The lowest BCUT2D eigenvalue weighted by atomic mass is 9.76. The minimum absolute atomic E-state index is 0.0303. The highest BCUT2D eigenvalue weighted by Crippen LogP contribution is 2.54. The van der Waals surface area contributed by atoms with E-state index in [4.69, 9.17) is 4.98 Å². The fourth-order valence-electron chi connectivity index (χ4n) is 6.93. The number of hydrogen-bond acceptors (Lipinski definition) is 1. The van der Waals surface area contributed by atoms with E-state index in [1.807, 2.05) is 6.20 Å². The summed E-state index contributed by atoms with van der Waals surface area (Å²) in [5.41, 5.74) is 13.0. The van der Waals surface area contributed by atoms with Gasteiger partial charge in [-0.15, -0.1) is 0 Å². The summed E-state index contributed by atoms with van der Waals surface area (Å²) in [7, 11) is -1.33. The van der Waals surface area contributed by atoms with Crippen LogP contribution < -0.4 is 5.19 Å². The first-order valence-electron chi connectivity index (χ1n) is 14.6. The second-order valence-corrected chi connectivity index (χ2v) is 19.3. The smallest absolute Gasteiger partial charge is 0.0775 e. The summed E-state index contributed by atoms with van der Waals surface area (Å²) in [6.07, 6.45) is 2.00. The van der Waals surface area contributed by atoms with Gasteiger partial charge in [-0.3, -0.25) is 4.98 Å². The van der Waals surface area contributed by atoms with Crippen molar-refractivity contribution in [3.8, 4) is 33.5 Å². The zero-order chi connectivity index (χ0) is 28.6. The number of fused-ring (bicyclic) bond motifs is 4. The summed E-state index contributed by atoms with van der Waals surface area (Å²) in [6.45, 7) is 21.2. The molecule has 0 unspecified atom stereocenters. The third-order valence-corrected chi connectivity index (χ3v) is 11.0. The second-order valence-electron chi connectivity index (χ2n) is 14.2. The van der Waals surface area contributed by atoms with Crippen LogP contribution in [-0.2, 0) is 10.8 Å². The van der Waals surface area contributed by atoms with Crippen LogP contribution in [0, 0.1) is 6.92 Å². The van der Waals surface area contributed by atoms with Gasteiger partial charge in [-0.1, -0.05) is 120 Å². The molecule has 0 fully saturated rings. The van der Waals surface area contributed by atoms with Gasteiger partial charge in [0.25, 0.3) is 0 Å². The molecule has 40 heavy (non-hydrogen) atoms. The predicted molar refractivity (Wildman–Crippen MR) is 177 cm³/mol. The van der Waals surface area contributed by atoms with Crippen LogP contribution in [0.4, 0.5) is 0 Å². The van der Waals surface area contributed by atoms with E-state index in [1.165, 1.54) is 66.0 Å². The second kappa shape index (κ2) is 9.01. The zero-order valence-electron chi connectivity index (χ0n) is 25.5. The predicted octanol–water partition coefficient (Wildman–Crippen LogP) is 10.0. The van der Waals surface area contributed by atoms with E-state index in [-0.39, 0.29) is 10.8 Å². The zero-order valence-corrected chi connectivity index (χ0v) is 26.5. The Hall–Kier alpha value is -3.49. The summed E-state index contributed by atoms with van der Waals surface area (Å²) in [4.78, 5) is 5.08. The van der Waals surface area contributed by atoms with Gasteiger partial charge in [0.1, 0.15) is 0 Å². The van der Waals surface area contributed by atoms with E-state index < -0.39 is 8.07 Å². The average molecular weight is 540 g/mol. The summed E-state index contributed by atoms with van der Waals surface area (Å²) >= 11 is 0. The minimum Gasteiger partial charge on any atom is -0.256 e. The van der Waals surface area contributed by atoms with E-state index in [2.05, 4.69) is 140 Å². The van der Waals surface area contributed by atoms with Gasteiger partial charge in [-0.25, -0.2) is 0 Å². The highest BCUT2D eigenvalue weighted by molar-refractivity contribution is 6.88. The minimum atomic E-state index is -1.33. The molecule has 202 valence electrons. The van der Waals surface area contributed by atoms with Gasteiger partial charge in [-0.2, -0.15) is 0 Å². The molecule has 1 aliphatic carbocycles. The maximum absolute atomic E-state index is 5.08. The van der Waals surface area contributed by atoms with Crippen molar-refractivity contribution in [3.05, 3.63) is 107 Å². The van der Waals surface area contributed by atoms with Crippen LogP contribution in [0.2, 0.25) is 19.6 Å². The molecule has 0 aliphatic heterocycles. The van der Waals surface area contributed by atoms with Gasteiger partial charge in [0, 0.05) is 17.2 Å². The third-order valence-electron chi connectivity index (χ3n) is 8.96. The van der Waals surface area contributed by atoms with Crippen LogP contribution >= 0.6 is 0 Å². The Bertz CT molecular complexity index is 1780. The van der Waals surface area contributed by atoms with E-state index in [0.717, 1.165) is 5.69 Å². The fraction of sp³-hybridized carbons (Fsp3) is 0.289. The summed E-state index contributed by atoms with van der Waals surface area (Å²) in [5, 5.41) is 4.11. The molecule has 5 aromatic rings. The van der Waals surface area contributed by atoms with Crippen molar-refractivity contribution in [1.29, 1.82) is 0 Å². The molecule has 0 bridgehead atoms. The maximum Gasteiger partial charge on any atom is 0.0775 e. The van der Waals surface area contributed by atoms with Crippen LogP contribution in [0.25, 0.3) is 44.3 Å². The summed E-state index contributed by atoms with van der Waals surface area (Å²) in [5.74, 6) is 0. The lowest BCUT2D eigenvalue weighted by molar-refractivity contribution is 0.596. The van der Waals surface area contributed by atoms with Crippen LogP contribution in [-0.4, -0.2) is 13.1 Å². The molecule has 1 aliphatic rings. The highest BCUT2D eigenvalue weighted by Gasteiger charge is 2.40. The molecule has 6 rings (SSSR count). The molecule has 0 atom stereocenters. The van der Waals surface area contributed by atoms with Crippen molar-refractivity contribution in [2.45, 2.75) is 72.0 Å². The molecule has 4 aromatic carbocycles. The summed E-state index contributed by atoms with van der Waals surface area (Å²) < 4.78 is 0. The molecule has 2 heteroatoms. The Balaban J connectivity index is 1.53. The van der Waals surface area contributed by atoms with Gasteiger partial charge < -0.3 is 0 Å². The largest absolute Gasteiger partial charge is 0.256 e. The van der Waals surface area contributed by atoms with E-state index in [9.17, 15) is 0 Å². The monoisotopic (exact) mass is 539 g/mol. The quantitative estimate of drug-likeness (QED) is 0.208. The molecule has 1 aromatic heterocycles. The molecule has 0 radical (unpaired) electrons. The van der Waals surface area contributed by atoms with Gasteiger partial charge in [0.2, 0.25) is 0 Å². The lowest BCUT2D eigenvalue weighted by Crippen LogP contribution is -2.37. The molecular weight excluding hydrogens is 499 g/mol. The van der Waals surface area contributed by atoms with Crippen molar-refractivity contribution < 1.29 is 0 Å². The van der Waals surface area contributed by atoms with E-state index >= 15 is 0 Å². The first-order valence-corrected chi connectivity index (χ1v) is 18.1.